The van der Waals surface area contributed by atoms with Crippen molar-refractivity contribution < 1.29 is 9.90 Å². The molecule has 114 valence electrons. The van der Waals surface area contributed by atoms with Gasteiger partial charge in [0.15, 0.2) is 5.82 Å². The Balaban J connectivity index is 1.86. The Kier molecular flexibility index (Phi) is 3.75. The minimum atomic E-state index is -0.996. The predicted octanol–water partition coefficient (Wildman–Crippen LogP) is 2.61. The molecule has 6 heteroatoms. The van der Waals surface area contributed by atoms with Crippen LogP contribution in [0.15, 0.2) is 12.3 Å². The van der Waals surface area contributed by atoms with Gasteiger partial charge in [-0.15, -0.1) is 0 Å². The van der Waals surface area contributed by atoms with E-state index in [4.69, 9.17) is 5.11 Å². The largest absolute Gasteiger partial charge is 0.478 e. The van der Waals surface area contributed by atoms with Crippen LogP contribution < -0.4 is 0 Å². The first-order valence-corrected chi connectivity index (χ1v) is 7.39. The van der Waals surface area contributed by atoms with Gasteiger partial charge < -0.3 is 5.11 Å². The highest BCUT2D eigenvalue weighted by molar-refractivity contribution is 5.88. The fraction of sp³-hybridized carbons (Fsp3) is 0.375. The van der Waals surface area contributed by atoms with Gasteiger partial charge in [-0.3, -0.25) is 4.68 Å². The number of rotatable bonds is 4. The van der Waals surface area contributed by atoms with E-state index in [-0.39, 0.29) is 11.5 Å². The van der Waals surface area contributed by atoms with Crippen molar-refractivity contribution in [2.45, 2.75) is 39.2 Å². The standard InChI is InChI=1S/C16H18N4O2/c1-10(2)15-13(16(21)22)9-17-14(18-15)6-5-11-8-12-4-3-7-20(12)19-11/h5-6,8-10H,3-4,7H2,1-2H3,(H,21,22)/b6-5+. The van der Waals surface area contributed by atoms with Gasteiger partial charge in [-0.25, -0.2) is 14.8 Å². The van der Waals surface area contributed by atoms with E-state index in [1.54, 1.807) is 6.08 Å². The minimum Gasteiger partial charge on any atom is -0.478 e. The van der Waals surface area contributed by atoms with Gasteiger partial charge in [0.1, 0.15) is 0 Å². The number of hydrogen-bond acceptors (Lipinski definition) is 4. The lowest BCUT2D eigenvalue weighted by Gasteiger charge is -2.08. The average Bonchev–Trinajstić information content (AvgIpc) is 3.05. The van der Waals surface area contributed by atoms with Crippen molar-refractivity contribution in [1.29, 1.82) is 0 Å². The van der Waals surface area contributed by atoms with Crippen LogP contribution in [0.4, 0.5) is 0 Å². The van der Waals surface area contributed by atoms with E-state index in [2.05, 4.69) is 21.1 Å². The monoisotopic (exact) mass is 298 g/mol. The maximum absolute atomic E-state index is 11.2. The maximum Gasteiger partial charge on any atom is 0.339 e. The summed E-state index contributed by atoms with van der Waals surface area (Å²) in [6.45, 7) is 4.81. The average molecular weight is 298 g/mol. The zero-order chi connectivity index (χ0) is 15.7. The number of aromatic carboxylic acids is 1. The lowest BCUT2D eigenvalue weighted by molar-refractivity contribution is 0.0694. The molecule has 0 bridgehead atoms. The molecule has 0 spiro atoms. The van der Waals surface area contributed by atoms with Crippen molar-refractivity contribution in [2.75, 3.05) is 0 Å². The molecule has 0 amide bonds. The van der Waals surface area contributed by atoms with Crippen molar-refractivity contribution in [2.24, 2.45) is 0 Å². The summed E-state index contributed by atoms with van der Waals surface area (Å²) >= 11 is 0. The number of hydrogen-bond donors (Lipinski definition) is 1. The van der Waals surface area contributed by atoms with E-state index in [1.807, 2.05) is 24.6 Å². The molecule has 0 fully saturated rings. The highest BCUT2D eigenvalue weighted by atomic mass is 16.4. The summed E-state index contributed by atoms with van der Waals surface area (Å²) in [5.41, 5.74) is 2.85. The molecular weight excluding hydrogens is 280 g/mol. The van der Waals surface area contributed by atoms with E-state index >= 15 is 0 Å². The Labute approximate surface area is 128 Å². The lowest BCUT2D eigenvalue weighted by atomic mass is 10.1. The number of carboxylic acid groups (broad SMARTS) is 1. The third-order valence-electron chi connectivity index (χ3n) is 3.70. The number of carbonyl (C=O) groups is 1. The Hall–Kier alpha value is -2.50. The second kappa shape index (κ2) is 5.71. The summed E-state index contributed by atoms with van der Waals surface area (Å²) in [4.78, 5) is 19.7. The fourth-order valence-electron chi connectivity index (χ4n) is 2.62. The molecule has 2 aromatic heterocycles. The van der Waals surface area contributed by atoms with Crippen LogP contribution in [0.3, 0.4) is 0 Å². The molecule has 22 heavy (non-hydrogen) atoms. The second-order valence-corrected chi connectivity index (χ2v) is 5.71. The highest BCUT2D eigenvalue weighted by Crippen LogP contribution is 2.19. The lowest BCUT2D eigenvalue weighted by Crippen LogP contribution is -2.08. The van der Waals surface area contributed by atoms with Gasteiger partial charge >= 0.3 is 5.97 Å². The van der Waals surface area contributed by atoms with E-state index in [9.17, 15) is 4.79 Å². The Bertz CT molecular complexity index is 725. The van der Waals surface area contributed by atoms with Crippen LogP contribution in [0.5, 0.6) is 0 Å². The van der Waals surface area contributed by atoms with Crippen LogP contribution >= 0.6 is 0 Å². The Morgan fingerprint density at radius 1 is 1.41 bits per heavy atom. The Morgan fingerprint density at radius 2 is 2.23 bits per heavy atom. The summed E-state index contributed by atoms with van der Waals surface area (Å²) in [5, 5.41) is 13.7. The molecule has 1 aliphatic heterocycles. The van der Waals surface area contributed by atoms with Gasteiger partial charge in [-0.05, 0) is 37.0 Å². The van der Waals surface area contributed by atoms with Gasteiger partial charge in [0.2, 0.25) is 0 Å². The third kappa shape index (κ3) is 2.77. The van der Waals surface area contributed by atoms with Crippen LogP contribution in [-0.2, 0) is 13.0 Å². The van der Waals surface area contributed by atoms with Crippen molar-refractivity contribution in [3.8, 4) is 0 Å². The van der Waals surface area contributed by atoms with Crippen molar-refractivity contribution in [3.63, 3.8) is 0 Å². The first-order chi connectivity index (χ1) is 10.5. The third-order valence-corrected chi connectivity index (χ3v) is 3.70. The van der Waals surface area contributed by atoms with E-state index < -0.39 is 5.97 Å². The summed E-state index contributed by atoms with van der Waals surface area (Å²) in [5.74, 6) is -0.468. The first kappa shape index (κ1) is 14.4. The normalized spacial score (nSPS) is 14.0. The summed E-state index contributed by atoms with van der Waals surface area (Å²) in [6.07, 6.45) is 7.24. The van der Waals surface area contributed by atoms with Gasteiger partial charge in [-0.1, -0.05) is 13.8 Å². The molecule has 3 heterocycles. The van der Waals surface area contributed by atoms with Crippen molar-refractivity contribution in [1.82, 2.24) is 19.7 Å². The summed E-state index contributed by atoms with van der Waals surface area (Å²) in [7, 11) is 0. The number of fused-ring (bicyclic) bond motifs is 1. The predicted molar refractivity (Wildman–Crippen MR) is 82.6 cm³/mol. The minimum absolute atomic E-state index is 0.0256. The molecule has 0 saturated carbocycles. The quantitative estimate of drug-likeness (QED) is 0.938. The molecule has 0 saturated heterocycles. The Morgan fingerprint density at radius 3 is 2.91 bits per heavy atom. The first-order valence-electron chi connectivity index (χ1n) is 7.39. The number of aromatic nitrogens is 4. The fourth-order valence-corrected chi connectivity index (χ4v) is 2.62. The van der Waals surface area contributed by atoms with E-state index in [1.165, 1.54) is 11.9 Å². The number of aryl methyl sites for hydroxylation is 2. The maximum atomic E-state index is 11.2. The zero-order valence-electron chi connectivity index (χ0n) is 12.7. The van der Waals surface area contributed by atoms with Gasteiger partial charge in [-0.2, -0.15) is 5.10 Å². The molecule has 0 atom stereocenters. The molecule has 3 rings (SSSR count). The SMILES string of the molecule is CC(C)c1nc(/C=C/c2cc3n(n2)CCC3)ncc1C(=O)O. The summed E-state index contributed by atoms with van der Waals surface area (Å²) in [6, 6.07) is 2.07. The van der Waals surface area contributed by atoms with Crippen LogP contribution in [0, 0.1) is 0 Å². The molecule has 2 aromatic rings. The smallest absolute Gasteiger partial charge is 0.339 e. The highest BCUT2D eigenvalue weighted by Gasteiger charge is 2.16. The van der Waals surface area contributed by atoms with Gasteiger partial charge in [0.05, 0.1) is 17.0 Å². The molecule has 0 unspecified atom stereocenters. The molecule has 6 nitrogen and oxygen atoms in total. The zero-order valence-corrected chi connectivity index (χ0v) is 12.7. The number of carboxylic acids is 1. The van der Waals surface area contributed by atoms with Crippen LogP contribution in [0.2, 0.25) is 0 Å². The molecule has 0 aliphatic carbocycles. The number of nitrogens with zero attached hydrogens (tertiary/aromatic N) is 4. The van der Waals surface area contributed by atoms with Crippen molar-refractivity contribution >= 4 is 18.1 Å². The summed E-state index contributed by atoms with van der Waals surface area (Å²) < 4.78 is 2.02. The molecular formula is C16H18N4O2. The van der Waals surface area contributed by atoms with Crippen molar-refractivity contribution in [3.05, 3.63) is 40.7 Å². The second-order valence-electron chi connectivity index (χ2n) is 5.71. The molecule has 0 aromatic carbocycles. The molecule has 1 N–H and O–H groups in total. The topological polar surface area (TPSA) is 80.9 Å². The van der Waals surface area contributed by atoms with Crippen LogP contribution in [0.1, 0.15) is 59.5 Å². The van der Waals surface area contributed by atoms with Crippen LogP contribution in [-0.4, -0.2) is 30.8 Å². The van der Waals surface area contributed by atoms with Crippen LogP contribution in [0.25, 0.3) is 12.2 Å². The van der Waals surface area contributed by atoms with Gasteiger partial charge in [0.25, 0.3) is 0 Å². The molecule has 0 radical (unpaired) electrons. The molecule has 1 aliphatic rings. The van der Waals surface area contributed by atoms with Gasteiger partial charge in [0, 0.05) is 18.4 Å². The van der Waals surface area contributed by atoms with E-state index in [0.29, 0.717) is 11.5 Å². The van der Waals surface area contributed by atoms with E-state index in [0.717, 1.165) is 25.1 Å².